The maximum Gasteiger partial charge on any atom is 0.290 e. The van der Waals surface area contributed by atoms with E-state index in [9.17, 15) is 14.7 Å². The number of carbonyl (C=O) groups excluding carboxylic acids is 2. The van der Waals surface area contributed by atoms with Gasteiger partial charge in [0.1, 0.15) is 11.3 Å². The summed E-state index contributed by atoms with van der Waals surface area (Å²) in [4.78, 5) is 29.2. The average molecular weight is 524 g/mol. The first kappa shape index (κ1) is 21.5. The number of halogens is 1. The van der Waals surface area contributed by atoms with Crippen LogP contribution in [0.5, 0.6) is 5.75 Å². The summed E-state index contributed by atoms with van der Waals surface area (Å²) in [5.74, 6) is -1.16. The lowest BCUT2D eigenvalue weighted by atomic mass is 9.94. The van der Waals surface area contributed by atoms with Gasteiger partial charge in [0.05, 0.1) is 25.3 Å². The van der Waals surface area contributed by atoms with Crippen LogP contribution in [0.4, 0.5) is 0 Å². The molecule has 1 unspecified atom stereocenters. The molecule has 33 heavy (non-hydrogen) atoms. The van der Waals surface area contributed by atoms with Gasteiger partial charge >= 0.3 is 0 Å². The molecule has 1 amide bonds. The lowest BCUT2D eigenvalue weighted by molar-refractivity contribution is -0.130. The second-order valence-electron chi connectivity index (χ2n) is 7.54. The van der Waals surface area contributed by atoms with Crippen LogP contribution in [0.15, 0.2) is 86.3 Å². The number of rotatable bonds is 6. The topological polar surface area (TPSA) is 80.0 Å². The van der Waals surface area contributed by atoms with Gasteiger partial charge < -0.3 is 19.2 Å². The number of nitrogens with zero attached hydrogens (tertiary/aromatic N) is 1. The highest BCUT2D eigenvalue weighted by molar-refractivity contribution is 9.10. The van der Waals surface area contributed by atoms with Gasteiger partial charge in [0, 0.05) is 20.3 Å². The van der Waals surface area contributed by atoms with E-state index in [4.69, 9.17) is 9.15 Å². The molecule has 1 aliphatic heterocycles. The van der Waals surface area contributed by atoms with Gasteiger partial charge in [-0.1, -0.05) is 40.2 Å². The molecule has 1 aliphatic rings. The molecular weight excluding hydrogens is 506 g/mol. The number of ether oxygens (including phenoxy) is 1. The van der Waals surface area contributed by atoms with Crippen molar-refractivity contribution in [2.45, 2.75) is 12.6 Å². The fourth-order valence-electron chi connectivity index (χ4n) is 4.09. The van der Waals surface area contributed by atoms with Crippen LogP contribution in [0, 0.1) is 0 Å². The SMILES string of the molecule is COc1ccccc1C1C(C(=O)c2cc3cc(Br)ccc3o2)=C(O)C(=O)N1Cc1cccs1. The number of fused-ring (bicyclic) bond motifs is 1. The molecule has 0 saturated carbocycles. The van der Waals surface area contributed by atoms with E-state index in [0.29, 0.717) is 16.9 Å². The Morgan fingerprint density at radius 3 is 2.76 bits per heavy atom. The van der Waals surface area contributed by atoms with Crippen LogP contribution < -0.4 is 4.74 Å². The van der Waals surface area contributed by atoms with E-state index in [1.807, 2.05) is 41.8 Å². The van der Waals surface area contributed by atoms with Gasteiger partial charge in [0.2, 0.25) is 5.78 Å². The van der Waals surface area contributed by atoms with E-state index in [1.54, 1.807) is 24.3 Å². The predicted octanol–water partition coefficient (Wildman–Crippen LogP) is 6.04. The number of hydrogen-bond donors (Lipinski definition) is 1. The summed E-state index contributed by atoms with van der Waals surface area (Å²) >= 11 is 4.91. The molecule has 8 heteroatoms. The fraction of sp³-hybridized carbons (Fsp3) is 0.120. The van der Waals surface area contributed by atoms with E-state index in [-0.39, 0.29) is 17.9 Å². The van der Waals surface area contributed by atoms with Crippen molar-refractivity contribution in [3.8, 4) is 5.75 Å². The number of methoxy groups -OCH3 is 1. The molecule has 4 aromatic rings. The maximum absolute atomic E-state index is 13.6. The van der Waals surface area contributed by atoms with Gasteiger partial charge in [-0.05, 0) is 41.8 Å². The molecule has 2 aromatic heterocycles. The third-order valence-electron chi connectivity index (χ3n) is 5.59. The van der Waals surface area contributed by atoms with Crippen molar-refractivity contribution in [2.24, 2.45) is 0 Å². The molecule has 0 radical (unpaired) electrons. The van der Waals surface area contributed by atoms with Crippen molar-refractivity contribution in [1.29, 1.82) is 0 Å². The van der Waals surface area contributed by atoms with Gasteiger partial charge in [-0.3, -0.25) is 9.59 Å². The summed E-state index contributed by atoms with van der Waals surface area (Å²) in [5.41, 5.74) is 1.12. The molecular formula is C25H18BrNO5S. The van der Waals surface area contributed by atoms with Crippen molar-refractivity contribution in [2.75, 3.05) is 7.11 Å². The number of hydrogen-bond acceptors (Lipinski definition) is 6. The summed E-state index contributed by atoms with van der Waals surface area (Å²) in [6.45, 7) is 0.243. The van der Waals surface area contributed by atoms with Crippen LogP contribution in [-0.4, -0.2) is 28.8 Å². The summed E-state index contributed by atoms with van der Waals surface area (Å²) in [6.07, 6.45) is 0. The highest BCUT2D eigenvalue weighted by Crippen LogP contribution is 2.43. The van der Waals surface area contributed by atoms with Crippen LogP contribution in [0.1, 0.15) is 27.0 Å². The molecule has 3 heterocycles. The average Bonchev–Trinajstić information content (AvgIpc) is 3.54. The largest absolute Gasteiger partial charge is 0.503 e. The number of Topliss-reactive ketones (excluding diaryl/α,β-unsaturated/α-hetero) is 1. The Kier molecular flexibility index (Phi) is 5.55. The predicted molar refractivity (Wildman–Crippen MR) is 129 cm³/mol. The van der Waals surface area contributed by atoms with E-state index in [0.717, 1.165) is 14.7 Å². The smallest absolute Gasteiger partial charge is 0.290 e. The summed E-state index contributed by atoms with van der Waals surface area (Å²) in [7, 11) is 1.53. The molecule has 5 rings (SSSR count). The Hall–Kier alpha value is -3.36. The highest BCUT2D eigenvalue weighted by atomic mass is 79.9. The fourth-order valence-corrected chi connectivity index (χ4v) is 5.18. The summed E-state index contributed by atoms with van der Waals surface area (Å²) in [5, 5.41) is 13.5. The molecule has 0 spiro atoms. The molecule has 0 bridgehead atoms. The van der Waals surface area contributed by atoms with Gasteiger partial charge in [-0.15, -0.1) is 11.3 Å². The van der Waals surface area contributed by atoms with Crippen molar-refractivity contribution >= 4 is 49.9 Å². The normalized spacial score (nSPS) is 16.1. The summed E-state index contributed by atoms with van der Waals surface area (Å²) < 4.78 is 12.2. The zero-order valence-electron chi connectivity index (χ0n) is 17.4. The number of ketones is 1. The first-order valence-corrected chi connectivity index (χ1v) is 11.8. The molecule has 0 saturated heterocycles. The highest BCUT2D eigenvalue weighted by Gasteiger charge is 2.45. The molecule has 0 aliphatic carbocycles. The first-order chi connectivity index (χ1) is 16.0. The van der Waals surface area contributed by atoms with Crippen molar-refractivity contribution in [3.05, 3.63) is 98.0 Å². The number of thiophene rings is 1. The third-order valence-corrected chi connectivity index (χ3v) is 6.94. The Morgan fingerprint density at radius 1 is 1.18 bits per heavy atom. The van der Waals surface area contributed by atoms with E-state index in [1.165, 1.54) is 23.3 Å². The minimum atomic E-state index is -0.830. The maximum atomic E-state index is 13.6. The monoisotopic (exact) mass is 523 g/mol. The van der Waals surface area contributed by atoms with Crippen molar-refractivity contribution in [1.82, 2.24) is 4.90 Å². The summed E-state index contributed by atoms with van der Waals surface area (Å²) in [6, 6.07) is 17.2. The molecule has 6 nitrogen and oxygen atoms in total. The molecule has 1 N–H and O–H groups in total. The van der Waals surface area contributed by atoms with Crippen LogP contribution in [-0.2, 0) is 11.3 Å². The van der Waals surface area contributed by atoms with Gasteiger partial charge in [0.15, 0.2) is 11.5 Å². The van der Waals surface area contributed by atoms with E-state index in [2.05, 4.69) is 15.9 Å². The standard InChI is InChI=1S/C25H18BrNO5S/c1-31-19-7-3-2-6-17(19)22-21(24(29)25(30)27(22)13-16-5-4-10-33-16)23(28)20-12-14-11-15(26)8-9-18(14)32-20/h2-12,22,29H,13H2,1H3. The Labute approximate surface area is 201 Å². The van der Waals surface area contributed by atoms with E-state index < -0.39 is 23.5 Å². The number of para-hydroxylation sites is 1. The number of aliphatic hydroxyl groups excluding tert-OH is 1. The van der Waals surface area contributed by atoms with Crippen LogP contribution in [0.2, 0.25) is 0 Å². The number of furan rings is 1. The number of aliphatic hydroxyl groups is 1. The Bertz CT molecular complexity index is 1410. The minimum Gasteiger partial charge on any atom is -0.503 e. The second kappa shape index (κ2) is 8.53. The van der Waals surface area contributed by atoms with Gasteiger partial charge in [-0.2, -0.15) is 0 Å². The van der Waals surface area contributed by atoms with E-state index >= 15 is 0 Å². The number of carbonyl (C=O) groups is 2. The van der Waals surface area contributed by atoms with Crippen LogP contribution in [0.25, 0.3) is 11.0 Å². The second-order valence-corrected chi connectivity index (χ2v) is 9.49. The van der Waals surface area contributed by atoms with Crippen molar-refractivity contribution < 1.29 is 23.8 Å². The molecule has 0 fully saturated rings. The molecule has 1 atom stereocenters. The third kappa shape index (κ3) is 3.75. The Morgan fingerprint density at radius 2 is 2.00 bits per heavy atom. The van der Waals surface area contributed by atoms with Crippen LogP contribution >= 0.6 is 27.3 Å². The first-order valence-electron chi connectivity index (χ1n) is 10.1. The lowest BCUT2D eigenvalue weighted by Gasteiger charge is -2.27. The quantitative estimate of drug-likeness (QED) is 0.311. The van der Waals surface area contributed by atoms with Gasteiger partial charge in [-0.25, -0.2) is 0 Å². The van der Waals surface area contributed by atoms with Gasteiger partial charge in [0.25, 0.3) is 5.91 Å². The molecule has 166 valence electrons. The van der Waals surface area contributed by atoms with Crippen LogP contribution in [0.3, 0.4) is 0 Å². The number of amides is 1. The minimum absolute atomic E-state index is 0.0285. The van der Waals surface area contributed by atoms with Crippen molar-refractivity contribution in [3.63, 3.8) is 0 Å². The zero-order chi connectivity index (χ0) is 23.1. The zero-order valence-corrected chi connectivity index (χ0v) is 19.9. The molecule has 2 aromatic carbocycles. The number of benzene rings is 2. The Balaban J connectivity index is 1.63. The lowest BCUT2D eigenvalue weighted by Crippen LogP contribution is -2.30.